The lowest BCUT2D eigenvalue weighted by molar-refractivity contribution is -0.157. The first-order valence-electron chi connectivity index (χ1n) is 6.39. The van der Waals surface area contributed by atoms with E-state index >= 15 is 0 Å². The quantitative estimate of drug-likeness (QED) is 0.790. The van der Waals surface area contributed by atoms with E-state index in [1.54, 1.807) is 4.68 Å². The maximum atomic E-state index is 11.5. The Labute approximate surface area is 113 Å². The van der Waals surface area contributed by atoms with Crippen molar-refractivity contribution in [3.8, 4) is 11.3 Å². The lowest BCUT2D eigenvalue weighted by Gasteiger charge is -2.15. The zero-order chi connectivity index (χ0) is 13.8. The highest BCUT2D eigenvalue weighted by molar-refractivity contribution is 5.71. The smallest absolute Gasteiger partial charge is 0.310 e. The standard InChI is InChI=1S/C15H18N2O2/c1-11(2)15(18)19-12(3)17-10-9-14(16-17)13-7-5-4-6-8-13/h4-12H,1-3H3/t12-/m0/s1. The van der Waals surface area contributed by atoms with E-state index in [1.165, 1.54) is 0 Å². The Balaban J connectivity index is 2.11. The maximum Gasteiger partial charge on any atom is 0.310 e. The number of ether oxygens (including phenoxy) is 1. The van der Waals surface area contributed by atoms with Crippen LogP contribution >= 0.6 is 0 Å². The maximum absolute atomic E-state index is 11.5. The molecule has 0 aliphatic carbocycles. The van der Waals surface area contributed by atoms with Crippen LogP contribution < -0.4 is 0 Å². The number of hydrogen-bond donors (Lipinski definition) is 0. The lowest BCUT2D eigenvalue weighted by atomic mass is 10.2. The van der Waals surface area contributed by atoms with Gasteiger partial charge in [0.2, 0.25) is 0 Å². The van der Waals surface area contributed by atoms with Gasteiger partial charge in [0.15, 0.2) is 6.23 Å². The van der Waals surface area contributed by atoms with Crippen LogP contribution in [0.25, 0.3) is 11.3 Å². The molecule has 4 heteroatoms. The zero-order valence-corrected chi connectivity index (χ0v) is 11.4. The summed E-state index contributed by atoms with van der Waals surface area (Å²) in [5, 5.41) is 4.43. The fourth-order valence-electron chi connectivity index (χ4n) is 1.66. The second-order valence-corrected chi connectivity index (χ2v) is 4.74. The SMILES string of the molecule is CC(C)C(=O)O[C@@H](C)n1ccc(-c2ccccc2)n1. The Hall–Kier alpha value is -2.10. The number of hydrogen-bond acceptors (Lipinski definition) is 3. The molecule has 0 fully saturated rings. The van der Waals surface area contributed by atoms with E-state index in [1.807, 2.05) is 63.4 Å². The molecule has 0 bridgehead atoms. The van der Waals surface area contributed by atoms with Crippen LogP contribution in [0.3, 0.4) is 0 Å². The average Bonchev–Trinajstić information content (AvgIpc) is 2.89. The first-order chi connectivity index (χ1) is 9.08. The third kappa shape index (κ3) is 3.22. The van der Waals surface area contributed by atoms with Crippen molar-refractivity contribution in [2.24, 2.45) is 5.92 Å². The van der Waals surface area contributed by atoms with Crippen LogP contribution in [-0.2, 0) is 9.53 Å². The molecule has 19 heavy (non-hydrogen) atoms. The molecule has 0 spiro atoms. The highest BCUT2D eigenvalue weighted by Gasteiger charge is 2.15. The number of rotatable bonds is 4. The van der Waals surface area contributed by atoms with Gasteiger partial charge in [0, 0.05) is 11.8 Å². The van der Waals surface area contributed by atoms with Gasteiger partial charge in [-0.15, -0.1) is 0 Å². The van der Waals surface area contributed by atoms with Crippen molar-refractivity contribution < 1.29 is 9.53 Å². The van der Waals surface area contributed by atoms with E-state index in [4.69, 9.17) is 4.74 Å². The summed E-state index contributed by atoms with van der Waals surface area (Å²) in [5.41, 5.74) is 1.91. The molecule has 1 atom stereocenters. The lowest BCUT2D eigenvalue weighted by Crippen LogP contribution is -2.18. The molecule has 0 saturated carbocycles. The number of carbonyl (C=O) groups is 1. The summed E-state index contributed by atoms with van der Waals surface area (Å²) in [5.74, 6) is -0.351. The minimum absolute atomic E-state index is 0.133. The highest BCUT2D eigenvalue weighted by atomic mass is 16.6. The van der Waals surface area contributed by atoms with Gasteiger partial charge in [0.1, 0.15) is 0 Å². The summed E-state index contributed by atoms with van der Waals surface area (Å²) in [4.78, 5) is 11.5. The number of carbonyl (C=O) groups excluding carboxylic acids is 1. The third-order valence-corrected chi connectivity index (χ3v) is 2.81. The van der Waals surface area contributed by atoms with Crippen LogP contribution in [0.1, 0.15) is 27.0 Å². The van der Waals surface area contributed by atoms with Crippen molar-refractivity contribution in [1.29, 1.82) is 0 Å². The van der Waals surface area contributed by atoms with Gasteiger partial charge in [0.05, 0.1) is 11.6 Å². The molecule has 4 nitrogen and oxygen atoms in total. The number of aromatic nitrogens is 2. The zero-order valence-electron chi connectivity index (χ0n) is 11.4. The normalized spacial score (nSPS) is 12.4. The van der Waals surface area contributed by atoms with Crippen LogP contribution in [-0.4, -0.2) is 15.7 Å². The predicted molar refractivity (Wildman–Crippen MR) is 73.3 cm³/mol. The van der Waals surface area contributed by atoms with Gasteiger partial charge >= 0.3 is 5.97 Å². The molecule has 1 aromatic heterocycles. The molecule has 0 amide bonds. The van der Waals surface area contributed by atoms with E-state index < -0.39 is 6.23 Å². The monoisotopic (exact) mass is 258 g/mol. The minimum atomic E-state index is -0.396. The molecular formula is C15H18N2O2. The number of nitrogens with zero attached hydrogens (tertiary/aromatic N) is 2. The topological polar surface area (TPSA) is 44.1 Å². The van der Waals surface area contributed by atoms with Crippen molar-refractivity contribution >= 4 is 5.97 Å². The summed E-state index contributed by atoms with van der Waals surface area (Å²) < 4.78 is 6.96. The van der Waals surface area contributed by atoms with Crippen molar-refractivity contribution in [3.05, 3.63) is 42.6 Å². The Morgan fingerprint density at radius 2 is 1.84 bits per heavy atom. The molecule has 0 aliphatic rings. The first-order valence-corrected chi connectivity index (χ1v) is 6.39. The van der Waals surface area contributed by atoms with Crippen LogP contribution in [0.4, 0.5) is 0 Å². The van der Waals surface area contributed by atoms with Crippen molar-refractivity contribution in [3.63, 3.8) is 0 Å². The Morgan fingerprint density at radius 3 is 2.47 bits per heavy atom. The Kier molecular flexibility index (Phi) is 4.00. The largest absolute Gasteiger partial charge is 0.440 e. The van der Waals surface area contributed by atoms with Gasteiger partial charge in [-0.25, -0.2) is 4.68 Å². The second-order valence-electron chi connectivity index (χ2n) is 4.74. The summed E-state index contributed by atoms with van der Waals surface area (Å²) >= 11 is 0. The summed E-state index contributed by atoms with van der Waals surface area (Å²) in [6, 6.07) is 11.8. The molecule has 0 radical (unpaired) electrons. The molecule has 1 aromatic carbocycles. The molecule has 2 rings (SSSR count). The average molecular weight is 258 g/mol. The highest BCUT2D eigenvalue weighted by Crippen LogP contribution is 2.18. The van der Waals surface area contributed by atoms with E-state index in [9.17, 15) is 4.79 Å². The number of benzene rings is 1. The third-order valence-electron chi connectivity index (χ3n) is 2.81. The molecular weight excluding hydrogens is 240 g/mol. The first kappa shape index (κ1) is 13.3. The van der Waals surface area contributed by atoms with Gasteiger partial charge in [0.25, 0.3) is 0 Å². The van der Waals surface area contributed by atoms with E-state index in [-0.39, 0.29) is 11.9 Å². The van der Waals surface area contributed by atoms with E-state index in [2.05, 4.69) is 5.10 Å². The van der Waals surface area contributed by atoms with Gasteiger partial charge in [-0.3, -0.25) is 4.79 Å². The Bertz CT molecular complexity index is 546. The van der Waals surface area contributed by atoms with Crippen LogP contribution in [0.5, 0.6) is 0 Å². The molecule has 100 valence electrons. The molecule has 0 saturated heterocycles. The molecule has 0 unspecified atom stereocenters. The van der Waals surface area contributed by atoms with Crippen molar-refractivity contribution in [2.45, 2.75) is 27.0 Å². The van der Waals surface area contributed by atoms with Gasteiger partial charge < -0.3 is 4.74 Å². The van der Waals surface area contributed by atoms with Gasteiger partial charge in [-0.1, -0.05) is 44.2 Å². The fraction of sp³-hybridized carbons (Fsp3) is 0.333. The second kappa shape index (κ2) is 5.69. The van der Waals surface area contributed by atoms with E-state index in [0.717, 1.165) is 11.3 Å². The number of esters is 1. The molecule has 2 aromatic rings. The van der Waals surface area contributed by atoms with Crippen molar-refractivity contribution in [2.75, 3.05) is 0 Å². The molecule has 0 N–H and O–H groups in total. The van der Waals surface area contributed by atoms with Crippen LogP contribution in [0.15, 0.2) is 42.6 Å². The van der Waals surface area contributed by atoms with Crippen molar-refractivity contribution in [1.82, 2.24) is 9.78 Å². The van der Waals surface area contributed by atoms with Gasteiger partial charge in [-0.05, 0) is 13.0 Å². The fourth-order valence-corrected chi connectivity index (χ4v) is 1.66. The Morgan fingerprint density at radius 1 is 1.16 bits per heavy atom. The van der Waals surface area contributed by atoms with Crippen LogP contribution in [0, 0.1) is 5.92 Å². The van der Waals surface area contributed by atoms with Crippen LogP contribution in [0.2, 0.25) is 0 Å². The summed E-state index contributed by atoms with van der Waals surface area (Å²) in [6.45, 7) is 5.43. The molecule has 1 heterocycles. The van der Waals surface area contributed by atoms with Gasteiger partial charge in [-0.2, -0.15) is 5.10 Å². The minimum Gasteiger partial charge on any atom is -0.440 e. The summed E-state index contributed by atoms with van der Waals surface area (Å²) in [6.07, 6.45) is 1.42. The van der Waals surface area contributed by atoms with E-state index in [0.29, 0.717) is 0 Å². The molecule has 0 aliphatic heterocycles. The summed E-state index contributed by atoms with van der Waals surface area (Å²) in [7, 11) is 0. The predicted octanol–water partition coefficient (Wildman–Crippen LogP) is 3.27.